The molecule has 3 atom stereocenters. The SMILES string of the molecule is CC[C@@]1(c2cccc(-c3ccnn3C)c2)C2=CN=NC2NC2=C1C(=O)N[C@@]1(CCOC1)C2. The molecule has 0 aliphatic carbocycles. The standard InChI is InChI=1S/C24H26N6O2/c1-3-24(16-6-4-5-15(11-16)19-7-9-26-30(19)2)17-13-25-29-21(17)27-18-12-23(8-10-32-14-23)28-22(31)20(18)24/h4-7,9,11,13,21,27H,3,8,10,12,14H2,1-2H3,(H,28,31)/t21?,23-,24+/m0/s1. The van der Waals surface area contributed by atoms with Crippen LogP contribution in [0, 0.1) is 0 Å². The molecule has 1 saturated heterocycles. The Hall–Kier alpha value is -3.26. The maximum atomic E-state index is 13.7. The minimum absolute atomic E-state index is 0.0247. The van der Waals surface area contributed by atoms with Gasteiger partial charge in [-0.3, -0.25) is 9.48 Å². The summed E-state index contributed by atoms with van der Waals surface area (Å²) in [4.78, 5) is 13.7. The number of aromatic nitrogens is 2. The molecule has 5 heterocycles. The molecule has 1 fully saturated rings. The lowest BCUT2D eigenvalue weighted by atomic mass is 9.61. The van der Waals surface area contributed by atoms with Gasteiger partial charge in [0.1, 0.15) is 0 Å². The zero-order chi connectivity index (χ0) is 21.9. The van der Waals surface area contributed by atoms with E-state index in [4.69, 9.17) is 4.74 Å². The van der Waals surface area contributed by atoms with E-state index >= 15 is 0 Å². The number of ether oxygens (including phenoxy) is 1. The molecule has 0 radical (unpaired) electrons. The molecule has 2 N–H and O–H groups in total. The molecule has 164 valence electrons. The quantitative estimate of drug-likeness (QED) is 0.783. The molecular weight excluding hydrogens is 404 g/mol. The first-order chi connectivity index (χ1) is 15.6. The van der Waals surface area contributed by atoms with Crippen LogP contribution in [0.15, 0.2) is 69.8 Å². The average molecular weight is 431 g/mol. The van der Waals surface area contributed by atoms with Crippen LogP contribution in [-0.2, 0) is 22.0 Å². The third-order valence-corrected chi connectivity index (χ3v) is 7.43. The Morgan fingerprint density at radius 3 is 2.97 bits per heavy atom. The highest BCUT2D eigenvalue weighted by molar-refractivity contribution is 6.00. The molecule has 6 rings (SSSR count). The van der Waals surface area contributed by atoms with E-state index in [0.29, 0.717) is 13.2 Å². The van der Waals surface area contributed by atoms with Crippen LogP contribution in [0.25, 0.3) is 11.3 Å². The zero-order valence-electron chi connectivity index (χ0n) is 18.3. The van der Waals surface area contributed by atoms with Crippen LogP contribution in [0.4, 0.5) is 0 Å². The van der Waals surface area contributed by atoms with E-state index in [-0.39, 0.29) is 17.6 Å². The first kappa shape index (κ1) is 19.4. The molecule has 0 saturated carbocycles. The summed E-state index contributed by atoms with van der Waals surface area (Å²) in [6, 6.07) is 10.4. The summed E-state index contributed by atoms with van der Waals surface area (Å²) in [6.07, 6.45) is 5.65. The van der Waals surface area contributed by atoms with Gasteiger partial charge in [-0.25, -0.2) is 0 Å². The second kappa shape index (κ2) is 6.87. The van der Waals surface area contributed by atoms with Crippen LogP contribution in [0.2, 0.25) is 0 Å². The van der Waals surface area contributed by atoms with Crippen LogP contribution in [0.5, 0.6) is 0 Å². The Bertz CT molecular complexity index is 1200. The Kier molecular flexibility index (Phi) is 4.17. The lowest BCUT2D eigenvalue weighted by Crippen LogP contribution is -2.60. The van der Waals surface area contributed by atoms with Crippen molar-refractivity contribution in [2.75, 3.05) is 13.2 Å². The summed E-state index contributed by atoms with van der Waals surface area (Å²) in [5, 5.41) is 19.9. The van der Waals surface area contributed by atoms with Crippen molar-refractivity contribution < 1.29 is 9.53 Å². The molecule has 1 spiro atoms. The highest BCUT2D eigenvalue weighted by Gasteiger charge is 2.55. The molecule has 8 heteroatoms. The van der Waals surface area contributed by atoms with E-state index in [2.05, 4.69) is 57.1 Å². The van der Waals surface area contributed by atoms with Gasteiger partial charge in [0.2, 0.25) is 0 Å². The normalized spacial score (nSPS) is 30.8. The molecule has 32 heavy (non-hydrogen) atoms. The van der Waals surface area contributed by atoms with Crippen molar-refractivity contribution in [2.45, 2.75) is 43.3 Å². The number of amides is 1. The van der Waals surface area contributed by atoms with E-state index < -0.39 is 5.41 Å². The van der Waals surface area contributed by atoms with E-state index in [0.717, 1.165) is 52.9 Å². The largest absolute Gasteiger partial charge is 0.379 e. The molecule has 4 aliphatic rings. The Labute approximate surface area is 186 Å². The molecule has 1 unspecified atom stereocenters. The van der Waals surface area contributed by atoms with Gasteiger partial charge < -0.3 is 15.4 Å². The lowest BCUT2D eigenvalue weighted by Gasteiger charge is -2.48. The number of fused-ring (bicyclic) bond motifs is 1. The Balaban J connectivity index is 1.55. The summed E-state index contributed by atoms with van der Waals surface area (Å²) in [6.45, 7) is 3.35. The van der Waals surface area contributed by atoms with E-state index in [1.807, 2.05) is 24.0 Å². The van der Waals surface area contributed by atoms with Crippen LogP contribution < -0.4 is 10.6 Å². The van der Waals surface area contributed by atoms with Crippen molar-refractivity contribution in [3.05, 3.63) is 65.1 Å². The third kappa shape index (κ3) is 2.59. The number of nitrogens with zero attached hydrogens (tertiary/aromatic N) is 4. The molecule has 8 nitrogen and oxygen atoms in total. The lowest BCUT2D eigenvalue weighted by molar-refractivity contribution is -0.121. The van der Waals surface area contributed by atoms with E-state index in [1.165, 1.54) is 0 Å². The van der Waals surface area contributed by atoms with Crippen molar-refractivity contribution in [1.29, 1.82) is 0 Å². The van der Waals surface area contributed by atoms with Crippen molar-refractivity contribution in [2.24, 2.45) is 17.3 Å². The molecule has 1 aromatic carbocycles. The molecule has 2 aromatic rings. The van der Waals surface area contributed by atoms with Gasteiger partial charge >= 0.3 is 0 Å². The van der Waals surface area contributed by atoms with Crippen molar-refractivity contribution >= 4 is 5.91 Å². The second-order valence-corrected chi connectivity index (χ2v) is 9.11. The number of nitrogens with one attached hydrogen (secondary N) is 2. The number of aryl methyl sites for hydroxylation is 1. The molecule has 1 aromatic heterocycles. The van der Waals surface area contributed by atoms with Crippen LogP contribution in [0.3, 0.4) is 0 Å². The number of hydrogen-bond acceptors (Lipinski definition) is 6. The van der Waals surface area contributed by atoms with Gasteiger partial charge in [0.05, 0.1) is 35.0 Å². The minimum Gasteiger partial charge on any atom is -0.379 e. The summed E-state index contributed by atoms with van der Waals surface area (Å²) in [5.74, 6) is -0.0247. The molecule has 1 amide bonds. The van der Waals surface area contributed by atoms with Gasteiger partial charge in [-0.05, 0) is 30.5 Å². The molecule has 4 aliphatic heterocycles. The monoisotopic (exact) mass is 430 g/mol. The van der Waals surface area contributed by atoms with Gasteiger partial charge in [0.25, 0.3) is 5.91 Å². The van der Waals surface area contributed by atoms with Crippen molar-refractivity contribution in [3.63, 3.8) is 0 Å². The number of azo groups is 1. The molecular formula is C24H26N6O2. The number of hydrogen-bond donors (Lipinski definition) is 2. The maximum Gasteiger partial charge on any atom is 0.250 e. The number of rotatable bonds is 3. The van der Waals surface area contributed by atoms with Gasteiger partial charge in [-0.2, -0.15) is 15.3 Å². The first-order valence-electron chi connectivity index (χ1n) is 11.2. The number of carbonyl (C=O) groups excluding carboxylic acids is 1. The average Bonchev–Trinajstić information content (AvgIpc) is 3.54. The van der Waals surface area contributed by atoms with Gasteiger partial charge in [0, 0.05) is 43.1 Å². The van der Waals surface area contributed by atoms with Gasteiger partial charge in [0.15, 0.2) is 6.17 Å². The summed E-state index contributed by atoms with van der Waals surface area (Å²) in [7, 11) is 1.94. The summed E-state index contributed by atoms with van der Waals surface area (Å²) >= 11 is 0. The topological polar surface area (TPSA) is 92.9 Å². The van der Waals surface area contributed by atoms with E-state index in [9.17, 15) is 4.79 Å². The maximum absolute atomic E-state index is 13.7. The Morgan fingerprint density at radius 2 is 2.22 bits per heavy atom. The predicted molar refractivity (Wildman–Crippen MR) is 118 cm³/mol. The van der Waals surface area contributed by atoms with Gasteiger partial charge in [-0.15, -0.1) is 0 Å². The fourth-order valence-electron chi connectivity index (χ4n) is 5.88. The number of carbonyl (C=O) groups is 1. The minimum atomic E-state index is -0.603. The summed E-state index contributed by atoms with van der Waals surface area (Å²) < 4.78 is 7.52. The zero-order valence-corrected chi connectivity index (χ0v) is 18.3. The number of benzene rings is 1. The second-order valence-electron chi connectivity index (χ2n) is 9.11. The third-order valence-electron chi connectivity index (χ3n) is 7.43. The smallest absolute Gasteiger partial charge is 0.250 e. The highest BCUT2D eigenvalue weighted by atomic mass is 16.5. The van der Waals surface area contributed by atoms with E-state index in [1.54, 1.807) is 6.20 Å². The fraction of sp³-hybridized carbons (Fsp3) is 0.417. The van der Waals surface area contributed by atoms with Crippen LogP contribution in [0.1, 0.15) is 31.7 Å². The van der Waals surface area contributed by atoms with Crippen LogP contribution in [-0.4, -0.2) is 40.6 Å². The fourth-order valence-corrected chi connectivity index (χ4v) is 5.88. The predicted octanol–water partition coefficient (Wildman–Crippen LogP) is 2.95. The van der Waals surface area contributed by atoms with Crippen molar-refractivity contribution in [3.8, 4) is 11.3 Å². The van der Waals surface area contributed by atoms with Crippen LogP contribution >= 0.6 is 0 Å². The Morgan fingerprint density at radius 1 is 1.31 bits per heavy atom. The molecule has 0 bridgehead atoms. The summed E-state index contributed by atoms with van der Waals surface area (Å²) in [5.41, 5.74) is 5.01. The van der Waals surface area contributed by atoms with Crippen molar-refractivity contribution in [1.82, 2.24) is 20.4 Å². The first-order valence-corrected chi connectivity index (χ1v) is 11.2. The van der Waals surface area contributed by atoms with Gasteiger partial charge in [-0.1, -0.05) is 25.1 Å². The highest BCUT2D eigenvalue weighted by Crippen LogP contribution is 2.52.